The largest absolute Gasteiger partial charge is 0.492 e. The zero-order valence-electron chi connectivity index (χ0n) is 7.75. The van der Waals surface area contributed by atoms with Crippen molar-refractivity contribution in [2.24, 2.45) is 0 Å². The number of hydrogen-bond acceptors (Lipinski definition) is 4. The van der Waals surface area contributed by atoms with Crippen LogP contribution in [-0.4, -0.2) is 20.3 Å². The summed E-state index contributed by atoms with van der Waals surface area (Å²) in [4.78, 5) is 0. The second-order valence-electron chi connectivity index (χ2n) is 2.72. The van der Waals surface area contributed by atoms with Crippen LogP contribution in [0, 0.1) is 0 Å². The molecule has 0 radical (unpaired) electrons. The Bertz CT molecular complexity index is 306. The molecule has 0 atom stereocenters. The Balaban J connectivity index is 2.38. The second-order valence-corrected chi connectivity index (χ2v) is 3.67. The minimum absolute atomic E-state index is 0.691. The molecule has 0 aromatic carbocycles. The average Bonchev–Trinajstić information content (AvgIpc) is 2.33. The standard InChI is InChI=1S/C9H12O3S/c1-3-11-8-6-4-5-12-9(13-8)7(6)10-2/h3-5H2,1-2H3. The van der Waals surface area contributed by atoms with Gasteiger partial charge in [-0.05, 0) is 6.92 Å². The zero-order valence-corrected chi connectivity index (χ0v) is 8.57. The van der Waals surface area contributed by atoms with E-state index in [0.29, 0.717) is 6.61 Å². The Kier molecular flexibility index (Phi) is 2.31. The molecule has 1 aromatic rings. The molecule has 0 spiro atoms. The first-order chi connectivity index (χ1) is 6.36. The first-order valence-corrected chi connectivity index (χ1v) is 5.13. The second kappa shape index (κ2) is 3.46. The summed E-state index contributed by atoms with van der Waals surface area (Å²) in [5.74, 6) is 0.861. The molecule has 4 heteroatoms. The van der Waals surface area contributed by atoms with Crippen LogP contribution in [0.5, 0.6) is 15.9 Å². The molecule has 3 nitrogen and oxygen atoms in total. The van der Waals surface area contributed by atoms with E-state index in [1.54, 1.807) is 7.11 Å². The van der Waals surface area contributed by atoms with Crippen LogP contribution in [0.25, 0.3) is 0 Å². The van der Waals surface area contributed by atoms with Crippen molar-refractivity contribution in [3.63, 3.8) is 0 Å². The molecule has 0 unspecified atom stereocenters. The number of rotatable bonds is 3. The molecule has 1 aliphatic heterocycles. The van der Waals surface area contributed by atoms with Gasteiger partial charge in [0.15, 0.2) is 10.8 Å². The minimum atomic E-state index is 0.691. The van der Waals surface area contributed by atoms with Gasteiger partial charge in [-0.2, -0.15) is 0 Å². The molecule has 0 amide bonds. The van der Waals surface area contributed by atoms with E-state index in [4.69, 9.17) is 14.2 Å². The Labute approximate surface area is 81.2 Å². The highest BCUT2D eigenvalue weighted by atomic mass is 32.1. The molecule has 1 aliphatic rings. The normalized spacial score (nSPS) is 13.7. The van der Waals surface area contributed by atoms with Crippen molar-refractivity contribution in [3.05, 3.63) is 5.56 Å². The Hall–Kier alpha value is -0.900. The van der Waals surface area contributed by atoms with E-state index in [1.807, 2.05) is 6.92 Å². The molecule has 0 aliphatic carbocycles. The lowest BCUT2D eigenvalue weighted by molar-refractivity contribution is 0.282. The molecule has 72 valence electrons. The van der Waals surface area contributed by atoms with E-state index in [2.05, 4.69) is 0 Å². The summed E-state index contributed by atoms with van der Waals surface area (Å²) in [5.41, 5.74) is 1.16. The number of fused-ring (bicyclic) bond motifs is 2. The molecule has 0 saturated heterocycles. The Morgan fingerprint density at radius 3 is 3.00 bits per heavy atom. The third kappa shape index (κ3) is 1.35. The maximum absolute atomic E-state index is 5.49. The van der Waals surface area contributed by atoms with Gasteiger partial charge in [0.05, 0.1) is 25.9 Å². The van der Waals surface area contributed by atoms with Gasteiger partial charge in [-0.25, -0.2) is 0 Å². The third-order valence-electron chi connectivity index (χ3n) is 1.96. The first kappa shape index (κ1) is 8.69. The number of thiophene rings is 1. The molecule has 2 heterocycles. The molecular weight excluding hydrogens is 188 g/mol. The summed E-state index contributed by atoms with van der Waals surface area (Å²) in [6.07, 6.45) is 0.884. The first-order valence-electron chi connectivity index (χ1n) is 4.32. The van der Waals surface area contributed by atoms with Gasteiger partial charge in [-0.15, -0.1) is 0 Å². The van der Waals surface area contributed by atoms with Crippen LogP contribution in [0.2, 0.25) is 0 Å². The SMILES string of the molecule is CCOc1sc2c(OC)c1CCO2. The van der Waals surface area contributed by atoms with Crippen LogP contribution in [0.1, 0.15) is 12.5 Å². The van der Waals surface area contributed by atoms with Crippen molar-refractivity contribution >= 4 is 11.3 Å². The van der Waals surface area contributed by atoms with Crippen molar-refractivity contribution in [1.29, 1.82) is 0 Å². The van der Waals surface area contributed by atoms with E-state index >= 15 is 0 Å². The van der Waals surface area contributed by atoms with Gasteiger partial charge in [-0.1, -0.05) is 11.3 Å². The lowest BCUT2D eigenvalue weighted by Crippen LogP contribution is -2.07. The van der Waals surface area contributed by atoms with Gasteiger partial charge in [0, 0.05) is 6.42 Å². The zero-order chi connectivity index (χ0) is 9.26. The monoisotopic (exact) mass is 200 g/mol. The van der Waals surface area contributed by atoms with Crippen LogP contribution in [0.4, 0.5) is 0 Å². The van der Waals surface area contributed by atoms with E-state index in [0.717, 1.165) is 34.5 Å². The molecule has 13 heavy (non-hydrogen) atoms. The summed E-state index contributed by atoms with van der Waals surface area (Å²) < 4.78 is 16.2. The predicted molar refractivity (Wildman–Crippen MR) is 51.2 cm³/mol. The molecule has 0 saturated carbocycles. The highest BCUT2D eigenvalue weighted by Crippen LogP contribution is 2.49. The maximum atomic E-state index is 5.49. The Morgan fingerprint density at radius 2 is 2.38 bits per heavy atom. The van der Waals surface area contributed by atoms with Crippen LogP contribution >= 0.6 is 11.3 Å². The van der Waals surface area contributed by atoms with Crippen molar-refractivity contribution in [2.75, 3.05) is 20.3 Å². The predicted octanol–water partition coefficient (Wildman–Crippen LogP) is 2.09. The van der Waals surface area contributed by atoms with Crippen molar-refractivity contribution in [3.8, 4) is 15.9 Å². The van der Waals surface area contributed by atoms with Gasteiger partial charge >= 0.3 is 0 Å². The quantitative estimate of drug-likeness (QED) is 0.747. The Morgan fingerprint density at radius 1 is 1.54 bits per heavy atom. The lowest BCUT2D eigenvalue weighted by Gasteiger charge is -2.12. The molecule has 2 bridgehead atoms. The lowest BCUT2D eigenvalue weighted by atomic mass is 10.2. The van der Waals surface area contributed by atoms with E-state index in [9.17, 15) is 0 Å². The molecule has 2 rings (SSSR count). The van der Waals surface area contributed by atoms with E-state index in [1.165, 1.54) is 11.3 Å². The van der Waals surface area contributed by atoms with Crippen LogP contribution in [0.15, 0.2) is 0 Å². The molecular formula is C9H12O3S. The number of methoxy groups -OCH3 is 1. The van der Waals surface area contributed by atoms with Gasteiger partial charge in [0.25, 0.3) is 0 Å². The van der Waals surface area contributed by atoms with E-state index < -0.39 is 0 Å². The van der Waals surface area contributed by atoms with Crippen LogP contribution in [0.3, 0.4) is 0 Å². The highest BCUT2D eigenvalue weighted by molar-refractivity contribution is 7.16. The third-order valence-corrected chi connectivity index (χ3v) is 2.99. The van der Waals surface area contributed by atoms with Gasteiger partial charge in [0.2, 0.25) is 5.06 Å². The summed E-state index contributed by atoms with van der Waals surface area (Å²) in [6, 6.07) is 0. The van der Waals surface area contributed by atoms with Crippen molar-refractivity contribution < 1.29 is 14.2 Å². The highest BCUT2D eigenvalue weighted by Gasteiger charge is 2.25. The number of hydrogen-bond donors (Lipinski definition) is 0. The smallest absolute Gasteiger partial charge is 0.220 e. The van der Waals surface area contributed by atoms with Crippen molar-refractivity contribution in [1.82, 2.24) is 0 Å². The van der Waals surface area contributed by atoms with Crippen molar-refractivity contribution in [2.45, 2.75) is 13.3 Å². The molecule has 1 aromatic heterocycles. The maximum Gasteiger partial charge on any atom is 0.220 e. The topological polar surface area (TPSA) is 27.7 Å². The summed E-state index contributed by atoms with van der Waals surface area (Å²) in [7, 11) is 1.67. The average molecular weight is 200 g/mol. The fourth-order valence-electron chi connectivity index (χ4n) is 1.42. The fraction of sp³-hybridized carbons (Fsp3) is 0.556. The summed E-state index contributed by atoms with van der Waals surface area (Å²) >= 11 is 1.53. The fourth-order valence-corrected chi connectivity index (χ4v) is 2.52. The van der Waals surface area contributed by atoms with E-state index in [-0.39, 0.29) is 0 Å². The summed E-state index contributed by atoms with van der Waals surface area (Å²) in [5, 5.41) is 1.80. The number of ether oxygens (including phenoxy) is 3. The molecule has 0 N–H and O–H groups in total. The van der Waals surface area contributed by atoms with Gasteiger partial charge in [0.1, 0.15) is 0 Å². The van der Waals surface area contributed by atoms with Crippen LogP contribution in [-0.2, 0) is 6.42 Å². The van der Waals surface area contributed by atoms with Crippen LogP contribution < -0.4 is 14.2 Å². The molecule has 0 fully saturated rings. The minimum Gasteiger partial charge on any atom is -0.492 e. The van der Waals surface area contributed by atoms with Gasteiger partial charge < -0.3 is 14.2 Å². The summed E-state index contributed by atoms with van der Waals surface area (Å²) in [6.45, 7) is 3.41. The van der Waals surface area contributed by atoms with Gasteiger partial charge in [-0.3, -0.25) is 0 Å².